The molecule has 1 N–H and O–H groups in total. The van der Waals surface area contributed by atoms with Gasteiger partial charge >= 0.3 is 0 Å². The largest absolute Gasteiger partial charge is 0.352 e. The summed E-state index contributed by atoms with van der Waals surface area (Å²) in [6.45, 7) is 0.508. The Morgan fingerprint density at radius 1 is 1.45 bits per heavy atom. The Bertz CT molecular complexity index is 509. The minimum absolute atomic E-state index is 0.141. The maximum Gasteiger partial charge on any atom is 0.282 e. The molecule has 7 nitrogen and oxygen atoms in total. The molecule has 1 saturated heterocycles. The second-order valence-corrected chi connectivity index (χ2v) is 7.28. The molecule has 2 fully saturated rings. The summed E-state index contributed by atoms with van der Waals surface area (Å²) in [5.41, 5.74) is 0. The van der Waals surface area contributed by atoms with Crippen LogP contribution < -0.4 is 5.32 Å². The van der Waals surface area contributed by atoms with Gasteiger partial charge in [0.25, 0.3) is 10.2 Å². The molecule has 0 aromatic carbocycles. The lowest BCUT2D eigenvalue weighted by molar-refractivity contribution is -0.124. The number of nitrogens with one attached hydrogen (secondary N) is 1. The molecule has 1 saturated carbocycles. The van der Waals surface area contributed by atoms with E-state index in [1.54, 1.807) is 0 Å². The predicted octanol–water partition coefficient (Wildman–Crippen LogP) is -0.180. The second kappa shape index (κ2) is 6.08. The van der Waals surface area contributed by atoms with Crippen LogP contribution in [0, 0.1) is 11.3 Å². The molecule has 0 bridgehead atoms. The third-order valence-corrected chi connectivity index (χ3v) is 5.66. The smallest absolute Gasteiger partial charge is 0.282 e. The molecule has 0 radical (unpaired) electrons. The van der Waals surface area contributed by atoms with Gasteiger partial charge in [-0.15, -0.1) is 0 Å². The lowest BCUT2D eigenvalue weighted by Crippen LogP contribution is -2.50. The van der Waals surface area contributed by atoms with Gasteiger partial charge in [0.15, 0.2) is 0 Å². The van der Waals surface area contributed by atoms with Gasteiger partial charge in [0.2, 0.25) is 5.91 Å². The number of nitrogens with zero attached hydrogens (tertiary/aromatic N) is 3. The van der Waals surface area contributed by atoms with Crippen LogP contribution in [-0.4, -0.2) is 55.2 Å². The Hall–Kier alpha value is -1.17. The summed E-state index contributed by atoms with van der Waals surface area (Å²) in [6.07, 6.45) is 3.35. The highest BCUT2D eigenvalue weighted by molar-refractivity contribution is 7.86. The van der Waals surface area contributed by atoms with Crippen molar-refractivity contribution in [1.82, 2.24) is 13.9 Å². The van der Waals surface area contributed by atoms with Crippen LogP contribution in [0.3, 0.4) is 0 Å². The van der Waals surface area contributed by atoms with Gasteiger partial charge < -0.3 is 5.32 Å². The Balaban J connectivity index is 2.04. The molecular formula is C12H20N4O3S. The minimum atomic E-state index is -3.67. The molecule has 1 aliphatic carbocycles. The number of carbonyl (C=O) groups is 1. The number of carbonyl (C=O) groups excluding carboxylic acids is 1. The average Bonchev–Trinajstić information content (AvgIpc) is 3.07. The summed E-state index contributed by atoms with van der Waals surface area (Å²) in [5, 5.41) is 11.4. The van der Waals surface area contributed by atoms with Crippen LogP contribution in [0.5, 0.6) is 0 Å². The molecule has 8 heteroatoms. The molecule has 0 aromatic heterocycles. The summed E-state index contributed by atoms with van der Waals surface area (Å²) in [5.74, 6) is -0.192. The first-order valence-corrected chi connectivity index (χ1v) is 8.27. The van der Waals surface area contributed by atoms with Gasteiger partial charge in [-0.3, -0.25) is 4.79 Å². The van der Waals surface area contributed by atoms with Gasteiger partial charge in [0, 0.05) is 32.6 Å². The number of nitriles is 1. The van der Waals surface area contributed by atoms with E-state index in [4.69, 9.17) is 5.26 Å². The van der Waals surface area contributed by atoms with E-state index in [9.17, 15) is 13.2 Å². The molecule has 1 amide bonds. The van der Waals surface area contributed by atoms with Crippen LogP contribution in [0.4, 0.5) is 0 Å². The molecule has 112 valence electrons. The van der Waals surface area contributed by atoms with Crippen molar-refractivity contribution >= 4 is 16.1 Å². The monoisotopic (exact) mass is 300 g/mol. The molecule has 0 aromatic rings. The van der Waals surface area contributed by atoms with Crippen molar-refractivity contribution in [2.24, 2.45) is 0 Å². The molecule has 1 unspecified atom stereocenters. The number of hydrogen-bond donors (Lipinski definition) is 1. The van der Waals surface area contributed by atoms with Crippen LogP contribution in [0.1, 0.15) is 32.1 Å². The highest BCUT2D eigenvalue weighted by Gasteiger charge is 2.41. The Kier molecular flexibility index (Phi) is 4.62. The Morgan fingerprint density at radius 2 is 2.15 bits per heavy atom. The average molecular weight is 300 g/mol. The lowest BCUT2D eigenvalue weighted by atomic mass is 10.2. The van der Waals surface area contributed by atoms with Gasteiger partial charge in [0.1, 0.15) is 6.04 Å². The SMILES string of the molecule is CN(CCC#N)S(=O)(=O)N1CCCC1C(=O)NC1CC1. The summed E-state index contributed by atoms with van der Waals surface area (Å²) in [6, 6.07) is 1.55. The van der Waals surface area contributed by atoms with E-state index in [1.165, 1.54) is 11.4 Å². The van der Waals surface area contributed by atoms with E-state index in [0.29, 0.717) is 19.4 Å². The Labute approximate surface area is 119 Å². The first-order chi connectivity index (χ1) is 9.46. The van der Waals surface area contributed by atoms with Crippen LogP contribution in [-0.2, 0) is 15.0 Å². The molecule has 1 heterocycles. The topological polar surface area (TPSA) is 93.5 Å². The maximum atomic E-state index is 12.4. The summed E-state index contributed by atoms with van der Waals surface area (Å²) in [7, 11) is -2.22. The fourth-order valence-electron chi connectivity index (χ4n) is 2.31. The third-order valence-electron chi connectivity index (χ3n) is 3.66. The van der Waals surface area contributed by atoms with Crippen molar-refractivity contribution < 1.29 is 13.2 Å². The number of hydrogen-bond acceptors (Lipinski definition) is 4. The van der Waals surface area contributed by atoms with Gasteiger partial charge in [-0.25, -0.2) is 0 Å². The van der Waals surface area contributed by atoms with E-state index in [2.05, 4.69) is 5.32 Å². The van der Waals surface area contributed by atoms with Crippen molar-refractivity contribution in [1.29, 1.82) is 5.26 Å². The molecule has 20 heavy (non-hydrogen) atoms. The lowest BCUT2D eigenvalue weighted by Gasteiger charge is -2.27. The molecule has 2 aliphatic rings. The summed E-state index contributed by atoms with van der Waals surface area (Å²) < 4.78 is 27.3. The molecular weight excluding hydrogens is 280 g/mol. The molecule has 1 aliphatic heterocycles. The summed E-state index contributed by atoms with van der Waals surface area (Å²) in [4.78, 5) is 12.1. The van der Waals surface area contributed by atoms with Gasteiger partial charge in [-0.2, -0.15) is 22.3 Å². The zero-order valence-corrected chi connectivity index (χ0v) is 12.4. The van der Waals surface area contributed by atoms with Crippen LogP contribution in [0.25, 0.3) is 0 Å². The van der Waals surface area contributed by atoms with E-state index in [0.717, 1.165) is 17.1 Å². The van der Waals surface area contributed by atoms with Gasteiger partial charge in [-0.1, -0.05) is 0 Å². The van der Waals surface area contributed by atoms with Gasteiger partial charge in [-0.05, 0) is 25.7 Å². The number of rotatable bonds is 6. The van der Waals surface area contributed by atoms with E-state index in [1.807, 2.05) is 6.07 Å². The first-order valence-electron chi connectivity index (χ1n) is 6.87. The third kappa shape index (κ3) is 3.29. The van der Waals surface area contributed by atoms with Crippen molar-refractivity contribution in [3.8, 4) is 6.07 Å². The zero-order chi connectivity index (χ0) is 14.8. The molecule has 2 rings (SSSR count). The van der Waals surface area contributed by atoms with Crippen molar-refractivity contribution in [3.05, 3.63) is 0 Å². The fourth-order valence-corrected chi connectivity index (χ4v) is 3.87. The second-order valence-electron chi connectivity index (χ2n) is 5.29. The highest BCUT2D eigenvalue weighted by atomic mass is 32.2. The van der Waals surface area contributed by atoms with Crippen LogP contribution >= 0.6 is 0 Å². The standard InChI is InChI=1S/C12H20N4O3S/c1-15(8-3-7-13)20(18,19)16-9-2-4-11(16)12(17)14-10-5-6-10/h10-11H,2-6,8-9H2,1H3,(H,14,17). The van der Waals surface area contributed by atoms with E-state index in [-0.39, 0.29) is 24.9 Å². The normalized spacial score (nSPS) is 23.8. The molecule has 1 atom stereocenters. The zero-order valence-electron chi connectivity index (χ0n) is 11.6. The minimum Gasteiger partial charge on any atom is -0.352 e. The fraction of sp³-hybridized carbons (Fsp3) is 0.833. The van der Waals surface area contributed by atoms with Crippen LogP contribution in [0.15, 0.2) is 0 Å². The maximum absolute atomic E-state index is 12.4. The highest BCUT2D eigenvalue weighted by Crippen LogP contribution is 2.25. The van der Waals surface area contributed by atoms with E-state index < -0.39 is 16.3 Å². The van der Waals surface area contributed by atoms with Crippen molar-refractivity contribution in [2.75, 3.05) is 20.1 Å². The quantitative estimate of drug-likeness (QED) is 0.736. The van der Waals surface area contributed by atoms with Gasteiger partial charge in [0.05, 0.1) is 6.07 Å². The predicted molar refractivity (Wildman–Crippen MR) is 72.7 cm³/mol. The van der Waals surface area contributed by atoms with Crippen molar-refractivity contribution in [3.63, 3.8) is 0 Å². The number of amides is 1. The molecule has 0 spiro atoms. The Morgan fingerprint density at radius 3 is 2.75 bits per heavy atom. The first kappa shape index (κ1) is 15.2. The van der Waals surface area contributed by atoms with Crippen LogP contribution in [0.2, 0.25) is 0 Å². The van der Waals surface area contributed by atoms with Crippen molar-refractivity contribution in [2.45, 2.75) is 44.2 Å². The van der Waals surface area contributed by atoms with E-state index >= 15 is 0 Å². The summed E-state index contributed by atoms with van der Waals surface area (Å²) >= 11 is 0.